The molecule has 2 atom stereocenters. The number of nitrogens with one attached hydrogen (secondary N) is 1. The maximum atomic E-state index is 9.29. The van der Waals surface area contributed by atoms with E-state index in [4.69, 9.17) is 0 Å². The van der Waals surface area contributed by atoms with Crippen LogP contribution in [0.3, 0.4) is 0 Å². The van der Waals surface area contributed by atoms with E-state index in [1.165, 1.54) is 10.0 Å². The Morgan fingerprint density at radius 1 is 1.53 bits per heavy atom. The summed E-state index contributed by atoms with van der Waals surface area (Å²) in [6.45, 7) is 3.22. The van der Waals surface area contributed by atoms with E-state index in [9.17, 15) is 5.11 Å². The lowest BCUT2D eigenvalue weighted by Crippen LogP contribution is -2.39. The van der Waals surface area contributed by atoms with Gasteiger partial charge in [0, 0.05) is 16.6 Å². The summed E-state index contributed by atoms with van der Waals surface area (Å²) in [4.78, 5) is 0. The van der Waals surface area contributed by atoms with Crippen LogP contribution < -0.4 is 5.32 Å². The van der Waals surface area contributed by atoms with Crippen molar-refractivity contribution in [3.05, 3.63) is 34.3 Å². The topological polar surface area (TPSA) is 32.3 Å². The maximum absolute atomic E-state index is 9.29. The molecule has 2 nitrogen and oxygen atoms in total. The Morgan fingerprint density at radius 3 is 2.87 bits per heavy atom. The van der Waals surface area contributed by atoms with Gasteiger partial charge in [-0.15, -0.1) is 0 Å². The summed E-state index contributed by atoms with van der Waals surface area (Å²) in [6, 6.07) is 8.32. The molecule has 0 aromatic heterocycles. The Labute approximate surface area is 98.8 Å². The highest BCUT2D eigenvalue weighted by atomic mass is 79.9. The third kappa shape index (κ3) is 2.25. The van der Waals surface area contributed by atoms with Gasteiger partial charge in [-0.25, -0.2) is 0 Å². The van der Waals surface area contributed by atoms with Gasteiger partial charge in [-0.05, 0) is 30.9 Å². The third-order valence-corrected chi connectivity index (χ3v) is 3.89. The number of rotatable bonds is 2. The van der Waals surface area contributed by atoms with Crippen LogP contribution in [0, 0.1) is 0 Å². The molecule has 1 heterocycles. The Bertz CT molecular complexity index is 355. The van der Waals surface area contributed by atoms with Crippen LogP contribution in [0.4, 0.5) is 0 Å². The van der Waals surface area contributed by atoms with Crippen LogP contribution in [-0.2, 0) is 0 Å². The molecule has 0 radical (unpaired) electrons. The van der Waals surface area contributed by atoms with Crippen molar-refractivity contribution in [2.24, 2.45) is 0 Å². The zero-order valence-electron chi connectivity index (χ0n) is 8.83. The summed E-state index contributed by atoms with van der Waals surface area (Å²) in [6.07, 6.45) is 0.992. The highest BCUT2D eigenvalue weighted by molar-refractivity contribution is 9.10. The monoisotopic (exact) mass is 269 g/mol. The molecular formula is C12H16BrNO. The lowest BCUT2D eigenvalue weighted by molar-refractivity contribution is 0.191. The number of hydrogen-bond acceptors (Lipinski definition) is 2. The molecule has 1 aliphatic heterocycles. The predicted molar refractivity (Wildman–Crippen MR) is 65.0 cm³/mol. The van der Waals surface area contributed by atoms with Gasteiger partial charge in [0.15, 0.2) is 0 Å². The van der Waals surface area contributed by atoms with E-state index in [0.717, 1.165) is 13.0 Å². The largest absolute Gasteiger partial charge is 0.394 e. The maximum Gasteiger partial charge on any atom is 0.0610 e. The standard InChI is InChI=1S/C12H16BrNO/c1-12(8-15)6-9(7-14-12)10-4-2-3-5-11(10)13/h2-5,9,14-15H,6-8H2,1H3. The smallest absolute Gasteiger partial charge is 0.0610 e. The minimum absolute atomic E-state index is 0.111. The minimum Gasteiger partial charge on any atom is -0.394 e. The van der Waals surface area contributed by atoms with Crippen LogP contribution in [0.15, 0.2) is 28.7 Å². The van der Waals surface area contributed by atoms with Gasteiger partial charge >= 0.3 is 0 Å². The van der Waals surface area contributed by atoms with Crippen LogP contribution in [0.25, 0.3) is 0 Å². The van der Waals surface area contributed by atoms with Crippen molar-refractivity contribution in [2.75, 3.05) is 13.2 Å². The fourth-order valence-electron chi connectivity index (χ4n) is 2.20. The normalized spacial score (nSPS) is 30.7. The molecule has 1 aliphatic rings. The number of hydrogen-bond donors (Lipinski definition) is 2. The predicted octanol–water partition coefficient (Wildman–Crippen LogP) is 2.28. The molecule has 1 fully saturated rings. The van der Waals surface area contributed by atoms with Gasteiger partial charge in [-0.1, -0.05) is 34.1 Å². The molecule has 15 heavy (non-hydrogen) atoms. The number of aliphatic hydroxyl groups is 1. The van der Waals surface area contributed by atoms with Crippen LogP contribution in [-0.4, -0.2) is 23.8 Å². The van der Waals surface area contributed by atoms with Crippen molar-refractivity contribution >= 4 is 15.9 Å². The zero-order chi connectivity index (χ0) is 10.9. The summed E-state index contributed by atoms with van der Waals surface area (Å²) in [5, 5.41) is 12.7. The van der Waals surface area contributed by atoms with E-state index < -0.39 is 0 Å². The number of aliphatic hydroxyl groups excluding tert-OH is 1. The van der Waals surface area contributed by atoms with Crippen LogP contribution in [0.2, 0.25) is 0 Å². The first-order chi connectivity index (χ1) is 7.14. The molecule has 0 saturated carbocycles. The van der Waals surface area contributed by atoms with Crippen LogP contribution >= 0.6 is 15.9 Å². The van der Waals surface area contributed by atoms with Crippen molar-refractivity contribution in [2.45, 2.75) is 24.8 Å². The molecule has 3 heteroatoms. The summed E-state index contributed by atoms with van der Waals surface area (Å²) in [7, 11) is 0. The fourth-order valence-corrected chi connectivity index (χ4v) is 2.81. The summed E-state index contributed by atoms with van der Waals surface area (Å²) in [5.41, 5.74) is 1.22. The molecule has 0 amide bonds. The Morgan fingerprint density at radius 2 is 2.27 bits per heavy atom. The first kappa shape index (κ1) is 11.1. The van der Waals surface area contributed by atoms with Crippen molar-refractivity contribution < 1.29 is 5.11 Å². The molecule has 0 bridgehead atoms. The van der Waals surface area contributed by atoms with Gasteiger partial charge in [-0.3, -0.25) is 0 Å². The van der Waals surface area contributed by atoms with Gasteiger partial charge in [-0.2, -0.15) is 0 Å². The molecule has 2 N–H and O–H groups in total. The molecule has 2 unspecified atom stereocenters. The number of halogens is 1. The first-order valence-corrected chi connectivity index (χ1v) is 6.04. The second-order valence-corrected chi connectivity index (χ2v) is 5.38. The molecule has 0 aliphatic carbocycles. The highest BCUT2D eigenvalue weighted by Gasteiger charge is 2.35. The average Bonchev–Trinajstić information content (AvgIpc) is 2.63. The van der Waals surface area contributed by atoms with Crippen molar-refractivity contribution in [3.63, 3.8) is 0 Å². The molecule has 0 spiro atoms. The SMILES string of the molecule is CC1(CO)CC(c2ccccc2Br)CN1. The Hall–Kier alpha value is -0.380. The lowest BCUT2D eigenvalue weighted by Gasteiger charge is -2.21. The average molecular weight is 270 g/mol. The lowest BCUT2D eigenvalue weighted by atomic mass is 9.91. The summed E-state index contributed by atoms with van der Waals surface area (Å²) in [5.74, 6) is 0.498. The van der Waals surface area contributed by atoms with Crippen LogP contribution in [0.1, 0.15) is 24.8 Å². The fraction of sp³-hybridized carbons (Fsp3) is 0.500. The van der Waals surface area contributed by atoms with Gasteiger partial charge in [0.2, 0.25) is 0 Å². The zero-order valence-corrected chi connectivity index (χ0v) is 10.4. The molecule has 1 aromatic rings. The van der Waals surface area contributed by atoms with E-state index in [2.05, 4.69) is 46.4 Å². The van der Waals surface area contributed by atoms with Gasteiger partial charge < -0.3 is 10.4 Å². The number of benzene rings is 1. The third-order valence-electron chi connectivity index (χ3n) is 3.17. The van der Waals surface area contributed by atoms with E-state index in [0.29, 0.717) is 5.92 Å². The van der Waals surface area contributed by atoms with E-state index in [-0.39, 0.29) is 12.1 Å². The summed E-state index contributed by atoms with van der Waals surface area (Å²) < 4.78 is 1.17. The van der Waals surface area contributed by atoms with Crippen LogP contribution in [0.5, 0.6) is 0 Å². The molecule has 2 rings (SSSR count). The minimum atomic E-state index is -0.111. The van der Waals surface area contributed by atoms with Gasteiger partial charge in [0.25, 0.3) is 0 Å². The Balaban J connectivity index is 2.18. The summed E-state index contributed by atoms with van der Waals surface area (Å²) >= 11 is 3.58. The quantitative estimate of drug-likeness (QED) is 0.864. The van der Waals surface area contributed by atoms with E-state index in [1.807, 2.05) is 6.07 Å². The van der Waals surface area contributed by atoms with E-state index >= 15 is 0 Å². The molecule has 1 aromatic carbocycles. The van der Waals surface area contributed by atoms with Gasteiger partial charge in [0.05, 0.1) is 6.61 Å². The Kier molecular flexibility index (Phi) is 3.14. The molecular weight excluding hydrogens is 254 g/mol. The highest BCUT2D eigenvalue weighted by Crippen LogP contribution is 2.34. The van der Waals surface area contributed by atoms with Crippen molar-refractivity contribution in [3.8, 4) is 0 Å². The van der Waals surface area contributed by atoms with E-state index in [1.54, 1.807) is 0 Å². The van der Waals surface area contributed by atoms with Gasteiger partial charge in [0.1, 0.15) is 0 Å². The molecule has 82 valence electrons. The van der Waals surface area contributed by atoms with Crippen molar-refractivity contribution in [1.82, 2.24) is 5.32 Å². The van der Waals surface area contributed by atoms with Crippen molar-refractivity contribution in [1.29, 1.82) is 0 Å². The second-order valence-electron chi connectivity index (χ2n) is 4.52. The first-order valence-electron chi connectivity index (χ1n) is 5.25. The second kappa shape index (κ2) is 4.24. The molecule has 1 saturated heterocycles.